The number of hydrogen-bond acceptors (Lipinski definition) is 4. The van der Waals surface area contributed by atoms with Gasteiger partial charge < -0.3 is 0 Å². The van der Waals surface area contributed by atoms with Crippen LogP contribution < -0.4 is 0 Å². The number of unbranched alkanes of at least 4 members (excludes halogenated alkanes) is 3. The van der Waals surface area contributed by atoms with Crippen LogP contribution in [0.25, 0.3) is 0 Å². The maximum Gasteiger partial charge on any atom is 0.368 e. The van der Waals surface area contributed by atoms with E-state index >= 15 is 0 Å². The van der Waals surface area contributed by atoms with Crippen LogP contribution in [0.1, 0.15) is 45.4 Å². The predicted molar refractivity (Wildman–Crippen MR) is 61.8 cm³/mol. The van der Waals surface area contributed by atoms with E-state index in [9.17, 15) is 12.3 Å². The maximum atomic E-state index is 12.9. The summed E-state index contributed by atoms with van der Waals surface area (Å²) in [4.78, 5) is 0. The first-order chi connectivity index (χ1) is 8.00. The second-order valence-electron chi connectivity index (χ2n) is 3.89. The van der Waals surface area contributed by atoms with Crippen LogP contribution in [0.15, 0.2) is 5.16 Å². The fourth-order valence-corrected chi connectivity index (χ4v) is 2.35. The number of nitrogens with zero attached hydrogens (tertiary/aromatic N) is 3. The monoisotopic (exact) mass is 263 g/mol. The summed E-state index contributed by atoms with van der Waals surface area (Å²) >= 11 is 0. The molecule has 0 N–H and O–H groups in total. The van der Waals surface area contributed by atoms with Crippen LogP contribution in [0.3, 0.4) is 0 Å². The Morgan fingerprint density at radius 3 is 2.41 bits per heavy atom. The molecule has 0 fully saturated rings. The average Bonchev–Trinajstić information content (AvgIpc) is 2.67. The summed E-state index contributed by atoms with van der Waals surface area (Å²) < 4.78 is 35.8. The summed E-state index contributed by atoms with van der Waals surface area (Å²) in [5.74, 6) is 0.542. The molecule has 0 aromatic carbocycles. The molecule has 1 heterocycles. The number of halogens is 1. The lowest BCUT2D eigenvalue weighted by molar-refractivity contribution is 0.520. The quantitative estimate of drug-likeness (QED) is 0.558. The highest BCUT2D eigenvalue weighted by molar-refractivity contribution is 7.86. The third kappa shape index (κ3) is 3.76. The summed E-state index contributed by atoms with van der Waals surface area (Å²) in [5, 5.41) is 6.57. The second-order valence-corrected chi connectivity index (χ2v) is 5.13. The van der Waals surface area contributed by atoms with Crippen LogP contribution in [0.4, 0.5) is 3.89 Å². The Morgan fingerprint density at radius 1 is 1.18 bits per heavy atom. The van der Waals surface area contributed by atoms with Crippen molar-refractivity contribution in [2.45, 2.75) is 57.7 Å². The lowest BCUT2D eigenvalue weighted by atomic mass is 10.1. The molecule has 1 aromatic heterocycles. The molecule has 17 heavy (non-hydrogen) atoms. The van der Waals surface area contributed by atoms with Crippen molar-refractivity contribution >= 4 is 10.2 Å². The normalized spacial score (nSPS) is 11.9. The van der Waals surface area contributed by atoms with Gasteiger partial charge in [-0.15, -0.1) is 10.2 Å². The van der Waals surface area contributed by atoms with E-state index in [1.165, 1.54) is 4.57 Å². The fourth-order valence-electron chi connectivity index (χ4n) is 1.71. The molecule has 0 amide bonds. The van der Waals surface area contributed by atoms with Crippen molar-refractivity contribution < 1.29 is 12.3 Å². The first-order valence-electron chi connectivity index (χ1n) is 5.87. The number of aryl methyl sites for hydroxylation is 1. The highest BCUT2D eigenvalue weighted by Crippen LogP contribution is 2.13. The van der Waals surface area contributed by atoms with Crippen molar-refractivity contribution in [3.05, 3.63) is 5.82 Å². The standard InChI is InChI=1S/C10H18FN3O2S/c1-3-5-6-7-8-9-12-13-10(14(9)4-2)17(11,15)16/h3-8H2,1-2H3. The molecule has 0 radical (unpaired) electrons. The molecule has 5 nitrogen and oxygen atoms in total. The highest BCUT2D eigenvalue weighted by atomic mass is 32.3. The Morgan fingerprint density at radius 2 is 1.88 bits per heavy atom. The van der Waals surface area contributed by atoms with Crippen LogP contribution in [-0.4, -0.2) is 23.2 Å². The number of rotatable bonds is 7. The Labute approximate surface area is 101 Å². The predicted octanol–water partition coefficient (Wildman–Crippen LogP) is 2.08. The molecule has 0 aliphatic carbocycles. The molecule has 98 valence electrons. The largest absolute Gasteiger partial charge is 0.368 e. The number of aromatic nitrogens is 3. The zero-order valence-electron chi connectivity index (χ0n) is 10.2. The zero-order chi connectivity index (χ0) is 12.9. The van der Waals surface area contributed by atoms with Gasteiger partial charge in [-0.1, -0.05) is 30.1 Å². The molecule has 0 bridgehead atoms. The third-order valence-corrected chi connectivity index (χ3v) is 3.32. The minimum Gasteiger partial charge on any atom is -0.300 e. The summed E-state index contributed by atoms with van der Waals surface area (Å²) in [6, 6.07) is 0. The van der Waals surface area contributed by atoms with Gasteiger partial charge in [0, 0.05) is 13.0 Å². The molecular formula is C10H18FN3O2S. The van der Waals surface area contributed by atoms with E-state index in [0.717, 1.165) is 25.7 Å². The smallest absolute Gasteiger partial charge is 0.300 e. The fraction of sp³-hybridized carbons (Fsp3) is 0.800. The van der Waals surface area contributed by atoms with Crippen LogP contribution in [-0.2, 0) is 23.2 Å². The van der Waals surface area contributed by atoms with E-state index in [2.05, 4.69) is 17.1 Å². The van der Waals surface area contributed by atoms with Gasteiger partial charge in [-0.2, -0.15) is 8.42 Å². The Hall–Kier alpha value is -0.980. The molecule has 0 spiro atoms. The molecular weight excluding hydrogens is 245 g/mol. The van der Waals surface area contributed by atoms with Crippen LogP contribution >= 0.6 is 0 Å². The lowest BCUT2D eigenvalue weighted by Crippen LogP contribution is -2.08. The first kappa shape index (κ1) is 14.1. The topological polar surface area (TPSA) is 64.8 Å². The summed E-state index contributed by atoms with van der Waals surface area (Å²) in [5.41, 5.74) is 0. The van der Waals surface area contributed by atoms with E-state index in [-0.39, 0.29) is 0 Å². The Balaban J connectivity index is 2.77. The van der Waals surface area contributed by atoms with Gasteiger partial charge in [0.05, 0.1) is 0 Å². The maximum absolute atomic E-state index is 12.9. The van der Waals surface area contributed by atoms with Gasteiger partial charge in [-0.05, 0) is 13.3 Å². The molecule has 0 saturated carbocycles. The van der Waals surface area contributed by atoms with Crippen LogP contribution in [0.2, 0.25) is 0 Å². The van der Waals surface area contributed by atoms with E-state index < -0.39 is 15.4 Å². The summed E-state index contributed by atoms with van der Waals surface area (Å²) in [6.07, 6.45) is 4.87. The average molecular weight is 263 g/mol. The SMILES string of the molecule is CCCCCCc1nnc(S(=O)(=O)F)n1CC. The van der Waals surface area contributed by atoms with Gasteiger partial charge in [0.1, 0.15) is 5.82 Å². The second kappa shape index (κ2) is 6.09. The Kier molecular flexibility index (Phi) is 5.04. The Bertz CT molecular complexity index is 456. The van der Waals surface area contributed by atoms with Crippen molar-refractivity contribution in [2.75, 3.05) is 0 Å². The number of hydrogen-bond donors (Lipinski definition) is 0. The van der Waals surface area contributed by atoms with E-state index in [1.54, 1.807) is 6.92 Å². The van der Waals surface area contributed by atoms with Crippen LogP contribution in [0.5, 0.6) is 0 Å². The van der Waals surface area contributed by atoms with Gasteiger partial charge >= 0.3 is 10.2 Å². The van der Waals surface area contributed by atoms with E-state index in [4.69, 9.17) is 0 Å². The lowest BCUT2D eigenvalue weighted by Gasteiger charge is -2.04. The summed E-state index contributed by atoms with van der Waals surface area (Å²) in [7, 11) is -4.77. The molecule has 0 aliphatic heterocycles. The van der Waals surface area contributed by atoms with Gasteiger partial charge in [0.25, 0.3) is 5.16 Å². The molecule has 0 aliphatic rings. The van der Waals surface area contributed by atoms with Crippen molar-refractivity contribution in [3.8, 4) is 0 Å². The molecule has 0 saturated heterocycles. The van der Waals surface area contributed by atoms with Gasteiger partial charge in [0.2, 0.25) is 0 Å². The van der Waals surface area contributed by atoms with Gasteiger partial charge in [-0.3, -0.25) is 4.57 Å². The van der Waals surface area contributed by atoms with Crippen molar-refractivity contribution in [3.63, 3.8) is 0 Å². The van der Waals surface area contributed by atoms with Gasteiger partial charge in [0.15, 0.2) is 0 Å². The van der Waals surface area contributed by atoms with Crippen molar-refractivity contribution in [1.29, 1.82) is 0 Å². The molecule has 0 unspecified atom stereocenters. The molecule has 0 atom stereocenters. The van der Waals surface area contributed by atoms with E-state index in [0.29, 0.717) is 18.8 Å². The minimum absolute atomic E-state index is 0.356. The van der Waals surface area contributed by atoms with Gasteiger partial charge in [-0.25, -0.2) is 0 Å². The van der Waals surface area contributed by atoms with Crippen LogP contribution in [0, 0.1) is 0 Å². The third-order valence-electron chi connectivity index (χ3n) is 2.58. The highest BCUT2D eigenvalue weighted by Gasteiger charge is 2.22. The zero-order valence-corrected chi connectivity index (χ0v) is 11.0. The minimum atomic E-state index is -4.77. The van der Waals surface area contributed by atoms with E-state index in [1.807, 2.05) is 0 Å². The summed E-state index contributed by atoms with van der Waals surface area (Å²) in [6.45, 7) is 4.21. The van der Waals surface area contributed by atoms with Crippen molar-refractivity contribution in [2.24, 2.45) is 0 Å². The molecule has 1 aromatic rings. The van der Waals surface area contributed by atoms with Crippen molar-refractivity contribution in [1.82, 2.24) is 14.8 Å². The molecule has 1 rings (SSSR count). The first-order valence-corrected chi connectivity index (χ1v) is 7.25. The molecule has 7 heteroatoms.